The van der Waals surface area contributed by atoms with Gasteiger partial charge in [-0.25, -0.2) is 0 Å². The Hall–Kier alpha value is -1.36. The van der Waals surface area contributed by atoms with Gasteiger partial charge in [-0.2, -0.15) is 0 Å². The molecule has 0 aliphatic carbocycles. The van der Waals surface area contributed by atoms with Gasteiger partial charge in [0.15, 0.2) is 0 Å². The van der Waals surface area contributed by atoms with Gasteiger partial charge in [0.1, 0.15) is 14.3 Å². The fourth-order valence-electron chi connectivity index (χ4n) is 1.87. The van der Waals surface area contributed by atoms with Crippen LogP contribution < -0.4 is 10.6 Å². The van der Waals surface area contributed by atoms with E-state index in [0.29, 0.717) is 0 Å². The molecular formula is C16H18O2P2. The standard InChI is InChI=1S/C16H18O2P2/c1-19(17,15-9-5-3-6-10-15)13-14-20(2,18)16-11-7-4-8-12-16/h3-14H,1-2H3/t19-,20-/m0/s1. The lowest BCUT2D eigenvalue weighted by Crippen LogP contribution is -2.02. The van der Waals surface area contributed by atoms with Gasteiger partial charge < -0.3 is 9.13 Å². The molecule has 0 heterocycles. The SMILES string of the molecule is C[P@](=O)(C=C[P@](C)(=O)c1ccccc1)c1ccccc1. The van der Waals surface area contributed by atoms with Crippen molar-refractivity contribution in [1.29, 1.82) is 0 Å². The Bertz CT molecular complexity index is 629. The van der Waals surface area contributed by atoms with Crippen molar-refractivity contribution >= 4 is 24.9 Å². The third-order valence-corrected chi connectivity index (χ3v) is 7.49. The van der Waals surface area contributed by atoms with Crippen molar-refractivity contribution in [3.05, 3.63) is 72.3 Å². The van der Waals surface area contributed by atoms with Crippen LogP contribution in [0.5, 0.6) is 0 Å². The van der Waals surface area contributed by atoms with E-state index >= 15 is 0 Å². The molecule has 0 saturated heterocycles. The molecule has 0 radical (unpaired) electrons. The van der Waals surface area contributed by atoms with Crippen LogP contribution in [0.1, 0.15) is 0 Å². The van der Waals surface area contributed by atoms with Crippen LogP contribution in [0.2, 0.25) is 0 Å². The summed E-state index contributed by atoms with van der Waals surface area (Å²) in [4.78, 5) is 0. The minimum Gasteiger partial charge on any atom is -0.315 e. The fourth-order valence-corrected chi connectivity index (χ4v) is 5.78. The topological polar surface area (TPSA) is 34.1 Å². The minimum atomic E-state index is -2.61. The summed E-state index contributed by atoms with van der Waals surface area (Å²) in [6, 6.07) is 18.6. The summed E-state index contributed by atoms with van der Waals surface area (Å²) in [5.74, 6) is 3.24. The molecule has 0 N–H and O–H groups in total. The lowest BCUT2D eigenvalue weighted by Gasteiger charge is -2.11. The molecule has 2 atom stereocenters. The van der Waals surface area contributed by atoms with E-state index in [1.165, 1.54) is 0 Å². The molecule has 2 aromatic carbocycles. The van der Waals surface area contributed by atoms with Gasteiger partial charge in [-0.3, -0.25) is 0 Å². The Morgan fingerprint density at radius 1 is 0.650 bits per heavy atom. The second-order valence-corrected chi connectivity index (χ2v) is 10.5. The van der Waals surface area contributed by atoms with E-state index in [0.717, 1.165) is 10.6 Å². The van der Waals surface area contributed by atoms with E-state index < -0.39 is 14.3 Å². The van der Waals surface area contributed by atoms with Gasteiger partial charge in [-0.1, -0.05) is 60.7 Å². The van der Waals surface area contributed by atoms with Crippen molar-refractivity contribution in [3.8, 4) is 0 Å². The van der Waals surface area contributed by atoms with Crippen LogP contribution in [-0.2, 0) is 9.13 Å². The van der Waals surface area contributed by atoms with Crippen LogP contribution in [-0.4, -0.2) is 13.3 Å². The first-order chi connectivity index (χ1) is 9.42. The van der Waals surface area contributed by atoms with Crippen LogP contribution in [0.4, 0.5) is 0 Å². The molecular weight excluding hydrogens is 286 g/mol. The molecule has 104 valence electrons. The van der Waals surface area contributed by atoms with Crippen LogP contribution in [0.3, 0.4) is 0 Å². The summed E-state index contributed by atoms with van der Waals surface area (Å²) in [5.41, 5.74) is 0. The largest absolute Gasteiger partial charge is 0.315 e. The van der Waals surface area contributed by atoms with Crippen molar-refractivity contribution in [2.45, 2.75) is 0 Å². The zero-order chi connectivity index (χ0) is 14.6. The molecule has 4 heteroatoms. The third kappa shape index (κ3) is 3.60. The molecule has 0 bridgehead atoms. The summed E-state index contributed by atoms with van der Waals surface area (Å²) in [5, 5.41) is 1.56. The van der Waals surface area contributed by atoms with E-state index in [9.17, 15) is 9.13 Å². The molecule has 0 saturated carbocycles. The van der Waals surface area contributed by atoms with Gasteiger partial charge in [-0.15, -0.1) is 0 Å². The van der Waals surface area contributed by atoms with Gasteiger partial charge in [0.05, 0.1) is 0 Å². The van der Waals surface area contributed by atoms with Crippen molar-refractivity contribution in [1.82, 2.24) is 0 Å². The lowest BCUT2D eigenvalue weighted by atomic mass is 10.4. The van der Waals surface area contributed by atoms with Crippen LogP contribution >= 0.6 is 14.3 Å². The highest BCUT2D eigenvalue weighted by Crippen LogP contribution is 2.48. The molecule has 2 rings (SSSR count). The number of hydrogen-bond donors (Lipinski definition) is 0. The van der Waals surface area contributed by atoms with Gasteiger partial charge in [0, 0.05) is 10.6 Å². The van der Waals surface area contributed by atoms with Gasteiger partial charge in [0.25, 0.3) is 0 Å². The molecule has 0 amide bonds. The monoisotopic (exact) mass is 304 g/mol. The lowest BCUT2D eigenvalue weighted by molar-refractivity contribution is 0.587. The minimum absolute atomic E-state index is 0.782. The van der Waals surface area contributed by atoms with E-state index in [4.69, 9.17) is 0 Å². The van der Waals surface area contributed by atoms with Crippen LogP contribution in [0.15, 0.2) is 72.3 Å². The quantitative estimate of drug-likeness (QED) is 0.797. The Morgan fingerprint density at radius 2 is 0.950 bits per heavy atom. The molecule has 0 fully saturated rings. The summed E-state index contributed by atoms with van der Waals surface area (Å²) in [6.45, 7) is 3.40. The van der Waals surface area contributed by atoms with Gasteiger partial charge >= 0.3 is 0 Å². The molecule has 2 aromatic rings. The summed E-state index contributed by atoms with van der Waals surface area (Å²) < 4.78 is 25.4. The highest BCUT2D eigenvalue weighted by atomic mass is 31.2. The maximum atomic E-state index is 12.7. The normalized spacial score (nSPS) is 17.5. The highest BCUT2D eigenvalue weighted by molar-refractivity contribution is 7.77. The number of hydrogen-bond acceptors (Lipinski definition) is 2. The molecule has 0 aliphatic rings. The third-order valence-electron chi connectivity index (χ3n) is 3.17. The first-order valence-corrected chi connectivity index (χ1v) is 10.8. The smallest absolute Gasteiger partial charge is 0.133 e. The molecule has 0 aliphatic heterocycles. The second kappa shape index (κ2) is 5.95. The van der Waals surface area contributed by atoms with Crippen molar-refractivity contribution in [3.63, 3.8) is 0 Å². The van der Waals surface area contributed by atoms with Crippen LogP contribution in [0, 0.1) is 0 Å². The maximum Gasteiger partial charge on any atom is 0.133 e. The second-order valence-electron chi connectivity index (χ2n) is 4.95. The predicted octanol–water partition coefficient (Wildman–Crippen LogP) is 4.09. The Kier molecular flexibility index (Phi) is 4.48. The fraction of sp³-hybridized carbons (Fsp3) is 0.125. The van der Waals surface area contributed by atoms with Gasteiger partial charge in [0.2, 0.25) is 0 Å². The molecule has 2 nitrogen and oxygen atoms in total. The Morgan fingerprint density at radius 3 is 1.25 bits per heavy atom. The zero-order valence-corrected chi connectivity index (χ0v) is 13.4. The average molecular weight is 304 g/mol. The van der Waals surface area contributed by atoms with E-state index in [2.05, 4.69) is 0 Å². The average Bonchev–Trinajstić information content (AvgIpc) is 2.47. The van der Waals surface area contributed by atoms with Gasteiger partial charge in [-0.05, 0) is 25.0 Å². The molecule has 0 unspecified atom stereocenters. The molecule has 20 heavy (non-hydrogen) atoms. The van der Waals surface area contributed by atoms with Crippen molar-refractivity contribution in [2.24, 2.45) is 0 Å². The Balaban J connectivity index is 2.30. The van der Waals surface area contributed by atoms with E-state index in [-0.39, 0.29) is 0 Å². The number of benzene rings is 2. The summed E-state index contributed by atoms with van der Waals surface area (Å²) in [7, 11) is -5.23. The molecule has 0 spiro atoms. The first kappa shape index (κ1) is 15.0. The predicted molar refractivity (Wildman–Crippen MR) is 88.4 cm³/mol. The number of rotatable bonds is 4. The maximum absolute atomic E-state index is 12.7. The van der Waals surface area contributed by atoms with Crippen molar-refractivity contribution < 1.29 is 9.13 Å². The highest BCUT2D eigenvalue weighted by Gasteiger charge is 2.18. The summed E-state index contributed by atoms with van der Waals surface area (Å²) in [6.07, 6.45) is 0. The van der Waals surface area contributed by atoms with Crippen LogP contribution in [0.25, 0.3) is 0 Å². The van der Waals surface area contributed by atoms with Crippen molar-refractivity contribution in [2.75, 3.05) is 13.3 Å². The van der Waals surface area contributed by atoms with E-state index in [1.54, 1.807) is 25.0 Å². The zero-order valence-electron chi connectivity index (χ0n) is 11.6. The molecule has 0 aromatic heterocycles. The Labute approximate surface area is 120 Å². The summed E-state index contributed by atoms with van der Waals surface area (Å²) >= 11 is 0. The van der Waals surface area contributed by atoms with E-state index in [1.807, 2.05) is 60.7 Å². The first-order valence-electron chi connectivity index (χ1n) is 6.38.